The highest BCUT2D eigenvalue weighted by atomic mass is 32.1. The Balaban J connectivity index is 1.39. The van der Waals surface area contributed by atoms with Gasteiger partial charge >= 0.3 is 5.97 Å². The summed E-state index contributed by atoms with van der Waals surface area (Å²) in [6, 6.07) is 7.68. The van der Waals surface area contributed by atoms with Crippen molar-refractivity contribution in [1.82, 2.24) is 9.91 Å². The molecule has 0 bridgehead atoms. The first-order valence-electron chi connectivity index (χ1n) is 10.0. The molecule has 7 nitrogen and oxygen atoms in total. The van der Waals surface area contributed by atoms with Gasteiger partial charge in [0.15, 0.2) is 6.61 Å². The van der Waals surface area contributed by atoms with Crippen LogP contribution in [0.5, 0.6) is 0 Å². The Morgan fingerprint density at radius 2 is 1.97 bits per heavy atom. The molecule has 0 saturated carbocycles. The van der Waals surface area contributed by atoms with Crippen LogP contribution in [0.3, 0.4) is 0 Å². The Hall–Kier alpha value is -2.52. The number of esters is 1. The summed E-state index contributed by atoms with van der Waals surface area (Å²) >= 11 is 3.16. The predicted molar refractivity (Wildman–Crippen MR) is 115 cm³/mol. The van der Waals surface area contributed by atoms with Gasteiger partial charge in [0.2, 0.25) is 5.91 Å². The van der Waals surface area contributed by atoms with Crippen LogP contribution in [0, 0.1) is 0 Å². The minimum absolute atomic E-state index is 0.0294. The summed E-state index contributed by atoms with van der Waals surface area (Å²) in [4.78, 5) is 40.7. The van der Waals surface area contributed by atoms with Gasteiger partial charge in [0.25, 0.3) is 5.91 Å². The summed E-state index contributed by atoms with van der Waals surface area (Å²) in [5, 5.41) is 9.94. The second-order valence-corrected chi connectivity index (χ2v) is 9.21. The molecule has 1 fully saturated rings. The van der Waals surface area contributed by atoms with Crippen LogP contribution in [0.4, 0.5) is 0 Å². The van der Waals surface area contributed by atoms with Gasteiger partial charge in [0.1, 0.15) is 6.54 Å². The number of rotatable bonds is 6. The summed E-state index contributed by atoms with van der Waals surface area (Å²) < 4.78 is 5.21. The van der Waals surface area contributed by atoms with E-state index < -0.39 is 5.97 Å². The molecule has 4 rings (SSSR count). The number of hydrazone groups is 1. The number of carbonyl (C=O) groups is 3. The van der Waals surface area contributed by atoms with Gasteiger partial charge in [-0.3, -0.25) is 14.4 Å². The second kappa shape index (κ2) is 9.53. The molecule has 0 radical (unpaired) electrons. The van der Waals surface area contributed by atoms with E-state index in [2.05, 4.69) is 5.10 Å². The standard InChI is InChI=1S/C21H23N3O4S2/c25-19-8-2-1-3-9-23(19)13-21(27)28-14-20(26)24-16(18-7-5-11-30-18)12-15(22-24)17-6-4-10-29-17/h4-7,10-11,16H,1-3,8-9,12-14H2. The molecule has 0 aromatic carbocycles. The van der Waals surface area contributed by atoms with Crippen molar-refractivity contribution in [3.63, 3.8) is 0 Å². The van der Waals surface area contributed by atoms with E-state index in [0.29, 0.717) is 19.4 Å². The van der Waals surface area contributed by atoms with E-state index in [1.54, 1.807) is 22.7 Å². The Morgan fingerprint density at radius 1 is 1.13 bits per heavy atom. The van der Waals surface area contributed by atoms with Crippen LogP contribution in [0.15, 0.2) is 40.1 Å². The van der Waals surface area contributed by atoms with Crippen molar-refractivity contribution >= 4 is 46.2 Å². The van der Waals surface area contributed by atoms with Crippen LogP contribution in [0.2, 0.25) is 0 Å². The fourth-order valence-electron chi connectivity index (χ4n) is 3.65. The zero-order valence-electron chi connectivity index (χ0n) is 16.5. The monoisotopic (exact) mass is 445 g/mol. The molecule has 1 atom stereocenters. The van der Waals surface area contributed by atoms with Crippen molar-refractivity contribution in [2.75, 3.05) is 19.7 Å². The number of ether oxygens (including phenoxy) is 1. The van der Waals surface area contributed by atoms with E-state index in [1.807, 2.05) is 35.0 Å². The fourth-order valence-corrected chi connectivity index (χ4v) is 5.18. The summed E-state index contributed by atoms with van der Waals surface area (Å²) in [5.41, 5.74) is 0.859. The van der Waals surface area contributed by atoms with Crippen molar-refractivity contribution in [3.05, 3.63) is 44.8 Å². The lowest BCUT2D eigenvalue weighted by atomic mass is 10.1. The van der Waals surface area contributed by atoms with Gasteiger partial charge in [-0.1, -0.05) is 18.6 Å². The largest absolute Gasteiger partial charge is 0.454 e. The predicted octanol–water partition coefficient (Wildman–Crippen LogP) is 3.43. The van der Waals surface area contributed by atoms with E-state index in [9.17, 15) is 14.4 Å². The van der Waals surface area contributed by atoms with Gasteiger partial charge in [-0.05, 0) is 35.7 Å². The molecule has 4 heterocycles. The lowest BCUT2D eigenvalue weighted by molar-refractivity contribution is -0.155. The molecule has 2 amide bonds. The highest BCUT2D eigenvalue weighted by Gasteiger charge is 2.34. The first-order valence-corrected chi connectivity index (χ1v) is 11.8. The van der Waals surface area contributed by atoms with Crippen molar-refractivity contribution in [2.45, 2.75) is 38.1 Å². The van der Waals surface area contributed by atoms with E-state index in [0.717, 1.165) is 34.7 Å². The van der Waals surface area contributed by atoms with Crippen molar-refractivity contribution < 1.29 is 19.1 Å². The molecule has 2 aliphatic rings. The third-order valence-corrected chi connectivity index (χ3v) is 7.08. The maximum absolute atomic E-state index is 12.9. The zero-order valence-corrected chi connectivity index (χ0v) is 18.1. The van der Waals surface area contributed by atoms with Crippen molar-refractivity contribution in [3.8, 4) is 0 Å². The topological polar surface area (TPSA) is 79.3 Å². The summed E-state index contributed by atoms with van der Waals surface area (Å²) in [6.45, 7) is 0.0665. The van der Waals surface area contributed by atoms with Gasteiger partial charge in [0.05, 0.1) is 16.6 Å². The van der Waals surface area contributed by atoms with Crippen LogP contribution in [-0.4, -0.2) is 53.1 Å². The molecular formula is C21H23N3O4S2. The molecule has 1 saturated heterocycles. The average Bonchev–Trinajstić information content (AvgIpc) is 3.49. The third kappa shape index (κ3) is 4.79. The van der Waals surface area contributed by atoms with Crippen LogP contribution in [0.1, 0.15) is 47.9 Å². The molecule has 1 unspecified atom stereocenters. The number of carbonyl (C=O) groups excluding carboxylic acids is 3. The second-order valence-electron chi connectivity index (χ2n) is 7.28. The van der Waals surface area contributed by atoms with Gasteiger partial charge in [-0.15, -0.1) is 22.7 Å². The van der Waals surface area contributed by atoms with Crippen LogP contribution in [-0.2, 0) is 19.1 Å². The number of likely N-dealkylation sites (tertiary alicyclic amines) is 1. The minimum Gasteiger partial charge on any atom is -0.454 e. The van der Waals surface area contributed by atoms with Crippen molar-refractivity contribution in [2.24, 2.45) is 5.10 Å². The summed E-state index contributed by atoms with van der Waals surface area (Å²) in [6.07, 6.45) is 3.81. The number of thiophene rings is 2. The molecule has 0 spiro atoms. The van der Waals surface area contributed by atoms with Gasteiger partial charge < -0.3 is 9.64 Å². The quantitative estimate of drug-likeness (QED) is 0.638. The fraction of sp³-hybridized carbons (Fsp3) is 0.429. The SMILES string of the molecule is O=C(CN1CCCCCC1=O)OCC(=O)N1N=C(c2cccs2)CC1c1cccs1. The highest BCUT2D eigenvalue weighted by molar-refractivity contribution is 7.12. The number of amides is 2. The molecular weight excluding hydrogens is 422 g/mol. The Morgan fingerprint density at radius 3 is 2.73 bits per heavy atom. The van der Waals surface area contributed by atoms with E-state index in [-0.39, 0.29) is 31.0 Å². The molecule has 2 aromatic rings. The Bertz CT molecular complexity index is 924. The molecule has 30 heavy (non-hydrogen) atoms. The van der Waals surface area contributed by atoms with Crippen molar-refractivity contribution in [1.29, 1.82) is 0 Å². The number of hydrogen-bond donors (Lipinski definition) is 0. The average molecular weight is 446 g/mol. The molecule has 2 aliphatic heterocycles. The smallest absolute Gasteiger partial charge is 0.326 e. The lowest BCUT2D eigenvalue weighted by Crippen LogP contribution is -2.37. The summed E-state index contributed by atoms with van der Waals surface area (Å²) in [7, 11) is 0. The molecule has 2 aromatic heterocycles. The van der Waals surface area contributed by atoms with E-state index >= 15 is 0 Å². The van der Waals surface area contributed by atoms with Gasteiger partial charge in [0, 0.05) is 24.3 Å². The van der Waals surface area contributed by atoms with Crippen LogP contribution >= 0.6 is 22.7 Å². The zero-order chi connectivity index (χ0) is 20.9. The number of nitrogens with zero attached hydrogens (tertiary/aromatic N) is 3. The molecule has 0 N–H and O–H groups in total. The summed E-state index contributed by atoms with van der Waals surface area (Å²) in [5.74, 6) is -0.957. The van der Waals surface area contributed by atoms with Crippen LogP contribution in [0.25, 0.3) is 0 Å². The maximum atomic E-state index is 12.9. The highest BCUT2D eigenvalue weighted by Crippen LogP contribution is 2.35. The van der Waals surface area contributed by atoms with Gasteiger partial charge in [-0.2, -0.15) is 5.10 Å². The first kappa shape index (κ1) is 20.7. The first-order chi connectivity index (χ1) is 14.6. The lowest BCUT2D eigenvalue weighted by Gasteiger charge is -2.22. The van der Waals surface area contributed by atoms with E-state index in [4.69, 9.17) is 4.74 Å². The van der Waals surface area contributed by atoms with Crippen LogP contribution < -0.4 is 0 Å². The minimum atomic E-state index is -0.562. The molecule has 9 heteroatoms. The Kier molecular flexibility index (Phi) is 6.59. The number of hydrogen-bond acceptors (Lipinski definition) is 7. The molecule has 0 aliphatic carbocycles. The Labute approximate surface area is 182 Å². The maximum Gasteiger partial charge on any atom is 0.326 e. The molecule has 158 valence electrons. The normalized spacial score (nSPS) is 19.5. The van der Waals surface area contributed by atoms with Gasteiger partial charge in [-0.25, -0.2) is 5.01 Å². The van der Waals surface area contributed by atoms with E-state index in [1.165, 1.54) is 9.91 Å². The third-order valence-electron chi connectivity index (χ3n) is 5.19.